The Kier molecular flexibility index (Phi) is 34.3. The Morgan fingerprint density at radius 3 is 1.56 bits per heavy atom. The number of carboxylic acid groups (broad SMARTS) is 1. The maximum absolute atomic E-state index is 10.3. The van der Waals surface area contributed by atoms with E-state index in [0.29, 0.717) is 6.42 Å². The van der Waals surface area contributed by atoms with Gasteiger partial charge in [-0.05, 0) is 69.6 Å². The number of aliphatic hydroxyl groups is 1. The summed E-state index contributed by atoms with van der Waals surface area (Å²) < 4.78 is 0. The third-order valence-electron chi connectivity index (χ3n) is 8.23. The lowest BCUT2D eigenvalue weighted by molar-refractivity contribution is -0.137. The highest BCUT2D eigenvalue weighted by molar-refractivity contribution is 5.66. The lowest BCUT2D eigenvalue weighted by Crippen LogP contribution is -2.00. The third kappa shape index (κ3) is 38.9. The molecule has 0 rings (SSSR count). The predicted molar refractivity (Wildman–Crippen MR) is 183 cm³/mol. The Morgan fingerprint density at radius 2 is 1.07 bits per heavy atom. The number of hydrogen-bond donors (Lipinski definition) is 2. The Balaban J connectivity index is 0. The number of aliphatic hydroxyl groups excluding tert-OH is 1. The summed E-state index contributed by atoms with van der Waals surface area (Å²) in [6.07, 6.45) is 35.3. The summed E-state index contributed by atoms with van der Waals surface area (Å²) >= 11 is 0. The summed E-state index contributed by atoms with van der Waals surface area (Å²) in [4.78, 5) is 10.3. The molecule has 0 aromatic rings. The zero-order valence-corrected chi connectivity index (χ0v) is 28.7. The van der Waals surface area contributed by atoms with E-state index in [2.05, 4.69) is 53.7 Å². The van der Waals surface area contributed by atoms with Crippen LogP contribution in [0.5, 0.6) is 0 Å². The first kappa shape index (κ1) is 42.0. The van der Waals surface area contributed by atoms with Crippen LogP contribution in [0.15, 0.2) is 23.8 Å². The Hall–Kier alpha value is -1.09. The van der Waals surface area contributed by atoms with E-state index in [1.165, 1.54) is 128 Å². The highest BCUT2D eigenvalue weighted by atomic mass is 16.4. The van der Waals surface area contributed by atoms with Crippen molar-refractivity contribution in [1.82, 2.24) is 0 Å². The Morgan fingerprint density at radius 1 is 0.610 bits per heavy atom. The van der Waals surface area contributed by atoms with Gasteiger partial charge in [-0.25, -0.2) is 0 Å². The molecule has 0 heterocycles. The van der Waals surface area contributed by atoms with E-state index >= 15 is 0 Å². The van der Waals surface area contributed by atoms with Crippen molar-refractivity contribution >= 4 is 5.97 Å². The highest BCUT2D eigenvalue weighted by Crippen LogP contribution is 2.22. The molecule has 0 aromatic carbocycles. The van der Waals surface area contributed by atoms with E-state index < -0.39 is 5.97 Å². The van der Waals surface area contributed by atoms with Crippen molar-refractivity contribution in [1.29, 1.82) is 0 Å². The van der Waals surface area contributed by atoms with Gasteiger partial charge in [0.1, 0.15) is 0 Å². The minimum absolute atomic E-state index is 0.191. The van der Waals surface area contributed by atoms with Crippen molar-refractivity contribution in [2.24, 2.45) is 17.8 Å². The normalized spacial score (nSPS) is 13.4. The number of carbonyl (C=O) groups is 1. The molecule has 0 radical (unpaired) electrons. The fraction of sp³-hybridized carbons (Fsp3) is 0.868. The first-order valence-electron chi connectivity index (χ1n) is 17.9. The van der Waals surface area contributed by atoms with Crippen LogP contribution in [0, 0.1) is 17.8 Å². The monoisotopic (exact) mass is 579 g/mol. The molecule has 0 aliphatic carbocycles. The number of unbranched alkanes of at least 4 members (excludes halogenated alkanes) is 11. The van der Waals surface area contributed by atoms with Gasteiger partial charge < -0.3 is 10.2 Å². The number of aliphatic carboxylic acids is 1. The van der Waals surface area contributed by atoms with E-state index in [9.17, 15) is 4.79 Å². The van der Waals surface area contributed by atoms with Crippen molar-refractivity contribution in [2.75, 3.05) is 6.61 Å². The van der Waals surface area contributed by atoms with E-state index in [-0.39, 0.29) is 6.61 Å². The smallest absolute Gasteiger partial charge is 0.303 e. The van der Waals surface area contributed by atoms with Crippen LogP contribution in [0.2, 0.25) is 0 Å². The molecule has 0 aliphatic heterocycles. The van der Waals surface area contributed by atoms with Gasteiger partial charge in [0.05, 0.1) is 6.61 Å². The summed E-state index contributed by atoms with van der Waals surface area (Å²) in [7, 11) is 0. The lowest BCUT2D eigenvalue weighted by atomic mass is 9.91. The molecule has 0 saturated carbocycles. The van der Waals surface area contributed by atoms with E-state index in [1.807, 2.05) is 6.08 Å². The van der Waals surface area contributed by atoms with Gasteiger partial charge in [0.25, 0.3) is 0 Å². The van der Waals surface area contributed by atoms with Crippen molar-refractivity contribution in [3.05, 3.63) is 23.8 Å². The number of rotatable bonds is 28. The Labute approximate surface area is 258 Å². The first-order valence-corrected chi connectivity index (χ1v) is 17.9. The van der Waals surface area contributed by atoms with Crippen LogP contribution in [0.4, 0.5) is 0 Å². The number of allylic oxidation sites excluding steroid dienone is 3. The standard InChI is InChI=1S/C20H40O.C18H34O2/c1-17(2)9-6-10-18(3)11-7-12-19(4)13-8-14-20(5)15-16-21;1-2-3-4-5-6-7-8-9-10-11-12-13-14-15-16-17-18(19)20/h15,17-19,21H,6-14,16H2,1-5H3;9-10H,2-8,11-17H2,1H3,(H,19,20)/b20-15+;10-9-. The van der Waals surface area contributed by atoms with E-state index in [1.54, 1.807) is 0 Å². The number of hydrogen-bond acceptors (Lipinski definition) is 2. The summed E-state index contributed by atoms with van der Waals surface area (Å²) in [5, 5.41) is 17.3. The van der Waals surface area contributed by atoms with Crippen LogP contribution < -0.4 is 0 Å². The van der Waals surface area contributed by atoms with Gasteiger partial charge in [-0.2, -0.15) is 0 Å². The number of carboxylic acids is 1. The van der Waals surface area contributed by atoms with Crippen LogP contribution in [0.3, 0.4) is 0 Å². The maximum atomic E-state index is 10.3. The van der Waals surface area contributed by atoms with Crippen LogP contribution >= 0.6 is 0 Å². The topological polar surface area (TPSA) is 57.5 Å². The quantitative estimate of drug-likeness (QED) is 0.0717. The van der Waals surface area contributed by atoms with Crippen molar-refractivity contribution < 1.29 is 15.0 Å². The summed E-state index contributed by atoms with van der Waals surface area (Å²) in [6, 6.07) is 0. The average Bonchev–Trinajstić information content (AvgIpc) is 2.91. The zero-order valence-electron chi connectivity index (χ0n) is 28.7. The minimum atomic E-state index is -0.664. The molecule has 0 spiro atoms. The molecule has 2 N–H and O–H groups in total. The molecule has 0 aromatic heterocycles. The van der Waals surface area contributed by atoms with Crippen molar-refractivity contribution in [3.8, 4) is 0 Å². The average molecular weight is 579 g/mol. The second-order valence-electron chi connectivity index (χ2n) is 13.3. The SMILES string of the molecule is C/C(=C\CO)CCCC(C)CCCC(C)CCCC(C)C.CCCCCCCC/C=C\CCCCCCCC(=O)O. The fourth-order valence-electron chi connectivity index (χ4n) is 5.31. The lowest BCUT2D eigenvalue weighted by Gasteiger charge is -2.15. The van der Waals surface area contributed by atoms with Gasteiger partial charge in [0.2, 0.25) is 0 Å². The van der Waals surface area contributed by atoms with Crippen LogP contribution in [0.1, 0.15) is 189 Å². The van der Waals surface area contributed by atoms with Gasteiger partial charge in [-0.1, -0.05) is 155 Å². The van der Waals surface area contributed by atoms with Gasteiger partial charge >= 0.3 is 5.97 Å². The largest absolute Gasteiger partial charge is 0.481 e. The van der Waals surface area contributed by atoms with Gasteiger partial charge in [0, 0.05) is 6.42 Å². The molecule has 3 nitrogen and oxygen atoms in total. The second kappa shape index (κ2) is 33.4. The molecule has 0 fully saturated rings. The minimum Gasteiger partial charge on any atom is -0.481 e. The molecule has 0 amide bonds. The summed E-state index contributed by atoms with van der Waals surface area (Å²) in [5.74, 6) is 1.96. The molecular formula is C38H74O3. The molecule has 0 aliphatic rings. The third-order valence-corrected chi connectivity index (χ3v) is 8.23. The maximum Gasteiger partial charge on any atom is 0.303 e. The predicted octanol–water partition coefficient (Wildman–Crippen LogP) is 12.5. The van der Waals surface area contributed by atoms with Crippen molar-refractivity contribution in [2.45, 2.75) is 189 Å². The van der Waals surface area contributed by atoms with Gasteiger partial charge in [0.15, 0.2) is 0 Å². The first-order chi connectivity index (χ1) is 19.7. The molecule has 2 atom stereocenters. The van der Waals surface area contributed by atoms with Gasteiger partial charge in [-0.15, -0.1) is 0 Å². The molecule has 41 heavy (non-hydrogen) atoms. The Bertz CT molecular complexity index is 592. The van der Waals surface area contributed by atoms with Crippen LogP contribution in [-0.2, 0) is 4.79 Å². The van der Waals surface area contributed by atoms with E-state index in [0.717, 1.165) is 37.0 Å². The van der Waals surface area contributed by atoms with Gasteiger partial charge in [-0.3, -0.25) is 4.79 Å². The molecule has 0 bridgehead atoms. The van der Waals surface area contributed by atoms with Crippen molar-refractivity contribution in [3.63, 3.8) is 0 Å². The summed E-state index contributed by atoms with van der Waals surface area (Å²) in [5.41, 5.74) is 1.34. The summed E-state index contributed by atoms with van der Waals surface area (Å²) in [6.45, 7) is 14.0. The highest BCUT2D eigenvalue weighted by Gasteiger charge is 2.06. The fourth-order valence-corrected chi connectivity index (χ4v) is 5.31. The molecule has 244 valence electrons. The zero-order chi connectivity index (χ0) is 31.0. The second-order valence-corrected chi connectivity index (χ2v) is 13.3. The molecule has 3 heteroatoms. The molecule has 2 unspecified atom stereocenters. The van der Waals surface area contributed by atoms with Crippen LogP contribution in [-0.4, -0.2) is 22.8 Å². The molecule has 0 saturated heterocycles. The van der Waals surface area contributed by atoms with Crippen LogP contribution in [0.25, 0.3) is 0 Å². The van der Waals surface area contributed by atoms with E-state index in [4.69, 9.17) is 10.2 Å². The molecular weight excluding hydrogens is 504 g/mol.